The second-order valence-corrected chi connectivity index (χ2v) is 9.98. The normalized spacial score (nSPS) is 12.8. The van der Waals surface area contributed by atoms with Crippen LogP contribution in [0, 0.1) is 11.6 Å². The third kappa shape index (κ3) is 6.57. The van der Waals surface area contributed by atoms with Crippen molar-refractivity contribution < 1.29 is 26.8 Å². The Balaban J connectivity index is 2.01. The molecule has 0 aromatic heterocycles. The van der Waals surface area contributed by atoms with Crippen molar-refractivity contribution in [2.45, 2.75) is 43.5 Å². The van der Waals surface area contributed by atoms with Gasteiger partial charge in [-0.15, -0.1) is 0 Å². The molecule has 0 bridgehead atoms. The predicted molar refractivity (Wildman–Crippen MR) is 116 cm³/mol. The Morgan fingerprint density at radius 3 is 2.16 bits per heavy atom. The molecule has 1 unspecified atom stereocenters. The van der Waals surface area contributed by atoms with Crippen LogP contribution < -0.4 is 15.4 Å². The van der Waals surface area contributed by atoms with E-state index in [4.69, 9.17) is 0 Å². The van der Waals surface area contributed by atoms with Gasteiger partial charge in [0, 0.05) is 20.0 Å². The van der Waals surface area contributed by atoms with Crippen LogP contribution >= 0.6 is 0 Å². The third-order valence-electron chi connectivity index (χ3n) is 4.77. The maximum Gasteiger partial charge on any atom is 0.246 e. The van der Waals surface area contributed by atoms with E-state index in [2.05, 4.69) is 15.4 Å². The number of carbonyl (C=O) groups excluding carboxylic acids is 2. The van der Waals surface area contributed by atoms with Gasteiger partial charge in [0.25, 0.3) is 0 Å². The Bertz CT molecular complexity index is 1080. The van der Waals surface area contributed by atoms with Crippen LogP contribution in [0.5, 0.6) is 0 Å². The summed E-state index contributed by atoms with van der Waals surface area (Å²) in [5.74, 6) is -3.52. The summed E-state index contributed by atoms with van der Waals surface area (Å²) in [6, 6.07) is 8.05. The first-order chi connectivity index (χ1) is 14.8. The highest BCUT2D eigenvalue weighted by molar-refractivity contribution is 7.89. The molecule has 0 aliphatic rings. The highest BCUT2D eigenvalue weighted by atomic mass is 32.2. The second-order valence-electron chi connectivity index (χ2n) is 8.21. The van der Waals surface area contributed by atoms with Gasteiger partial charge in [-0.25, -0.2) is 21.9 Å². The maximum atomic E-state index is 13.5. The summed E-state index contributed by atoms with van der Waals surface area (Å²) in [5.41, 5.74) is 0.909. The van der Waals surface area contributed by atoms with Gasteiger partial charge in [-0.05, 0) is 40.8 Å². The lowest BCUT2D eigenvalue weighted by Gasteiger charge is -2.19. The topological polar surface area (TPSA) is 104 Å². The summed E-state index contributed by atoms with van der Waals surface area (Å²) < 4.78 is 54.0. The fourth-order valence-electron chi connectivity index (χ4n) is 2.89. The molecule has 2 aromatic carbocycles. The Morgan fingerprint density at radius 1 is 1.00 bits per heavy atom. The number of benzene rings is 2. The number of amides is 2. The van der Waals surface area contributed by atoms with E-state index in [9.17, 15) is 26.8 Å². The molecule has 0 saturated carbocycles. The fourth-order valence-corrected chi connectivity index (χ4v) is 3.92. The van der Waals surface area contributed by atoms with Gasteiger partial charge in [-0.1, -0.05) is 39.0 Å². The number of likely N-dealkylation sites (N-methyl/N-ethyl adjacent to an activating group) is 1. The van der Waals surface area contributed by atoms with Crippen LogP contribution in [0.4, 0.5) is 8.78 Å². The number of carbonyl (C=O) groups is 2. The first-order valence-corrected chi connectivity index (χ1v) is 11.4. The molecule has 32 heavy (non-hydrogen) atoms. The first kappa shape index (κ1) is 25.4. The van der Waals surface area contributed by atoms with E-state index in [0.29, 0.717) is 0 Å². The molecule has 0 aliphatic carbocycles. The number of nitrogens with one attached hydrogen (secondary N) is 3. The van der Waals surface area contributed by atoms with E-state index in [0.717, 1.165) is 17.7 Å². The molecule has 2 rings (SSSR count). The van der Waals surface area contributed by atoms with E-state index < -0.39 is 39.5 Å². The van der Waals surface area contributed by atoms with Crippen molar-refractivity contribution in [1.29, 1.82) is 0 Å². The van der Waals surface area contributed by atoms with Gasteiger partial charge < -0.3 is 10.6 Å². The van der Waals surface area contributed by atoms with Crippen molar-refractivity contribution in [2.75, 3.05) is 13.6 Å². The van der Waals surface area contributed by atoms with Crippen molar-refractivity contribution in [2.24, 2.45) is 0 Å². The molecule has 1 atom stereocenters. The monoisotopic (exact) mass is 467 g/mol. The molecule has 3 N–H and O–H groups in total. The zero-order chi connectivity index (χ0) is 24.1. The van der Waals surface area contributed by atoms with Crippen LogP contribution in [0.3, 0.4) is 0 Å². The minimum Gasteiger partial charge on any atom is -0.357 e. The molecular formula is C22H27F2N3O4S. The smallest absolute Gasteiger partial charge is 0.246 e. The Kier molecular flexibility index (Phi) is 8.08. The Labute approximate surface area is 186 Å². The predicted octanol–water partition coefficient (Wildman–Crippen LogP) is 2.53. The van der Waals surface area contributed by atoms with Crippen LogP contribution in [0.25, 0.3) is 0 Å². The van der Waals surface area contributed by atoms with Gasteiger partial charge >= 0.3 is 0 Å². The van der Waals surface area contributed by atoms with E-state index in [1.807, 2.05) is 20.8 Å². The minimum absolute atomic E-state index is 0.0520. The molecule has 7 nitrogen and oxygen atoms in total. The molecular weight excluding hydrogens is 440 g/mol. The van der Waals surface area contributed by atoms with E-state index >= 15 is 0 Å². The standard InChI is InChI=1S/C22H27F2N3O4S/c1-22(2,3)15-6-8-16(9-7-15)32(30,31)26-12-11-19(28)27-20(21(29)25-4)14-5-10-17(23)18(24)13-14/h5-10,13,20,26H,11-12H2,1-4H3,(H,25,29)(H,27,28). The van der Waals surface area contributed by atoms with Gasteiger partial charge in [0.1, 0.15) is 6.04 Å². The highest BCUT2D eigenvalue weighted by Crippen LogP contribution is 2.23. The van der Waals surface area contributed by atoms with Gasteiger partial charge in [-0.2, -0.15) is 0 Å². The summed E-state index contributed by atoms with van der Waals surface area (Å²) in [7, 11) is -2.50. The van der Waals surface area contributed by atoms with Crippen molar-refractivity contribution in [3.05, 3.63) is 65.2 Å². The fraction of sp³-hybridized carbons (Fsp3) is 0.364. The second kappa shape index (κ2) is 10.2. The summed E-state index contributed by atoms with van der Waals surface area (Å²) in [6.45, 7) is 5.83. The van der Waals surface area contributed by atoms with Gasteiger partial charge in [0.15, 0.2) is 11.6 Å². The molecule has 10 heteroatoms. The Morgan fingerprint density at radius 2 is 1.62 bits per heavy atom. The van der Waals surface area contributed by atoms with E-state index in [1.54, 1.807) is 12.1 Å². The lowest BCUT2D eigenvalue weighted by Crippen LogP contribution is -2.40. The van der Waals surface area contributed by atoms with Crippen LogP contribution in [0.15, 0.2) is 47.4 Å². The molecule has 0 heterocycles. The van der Waals surface area contributed by atoms with E-state index in [1.165, 1.54) is 25.2 Å². The summed E-state index contributed by atoms with van der Waals surface area (Å²) in [4.78, 5) is 24.5. The molecule has 0 spiro atoms. The van der Waals surface area contributed by atoms with E-state index in [-0.39, 0.29) is 28.8 Å². The molecule has 174 valence electrons. The van der Waals surface area contributed by atoms with Gasteiger partial charge in [0.2, 0.25) is 21.8 Å². The zero-order valence-electron chi connectivity index (χ0n) is 18.3. The number of halogens is 2. The zero-order valence-corrected chi connectivity index (χ0v) is 19.1. The van der Waals surface area contributed by atoms with Crippen LogP contribution in [0.1, 0.15) is 44.4 Å². The molecule has 2 aromatic rings. The lowest BCUT2D eigenvalue weighted by molar-refractivity contribution is -0.128. The minimum atomic E-state index is -3.83. The maximum absolute atomic E-state index is 13.5. The van der Waals surface area contributed by atoms with Crippen LogP contribution in [-0.4, -0.2) is 33.8 Å². The quantitative estimate of drug-likeness (QED) is 0.555. The number of hydrogen-bond donors (Lipinski definition) is 3. The van der Waals surface area contributed by atoms with Gasteiger partial charge in [0.05, 0.1) is 4.90 Å². The van der Waals surface area contributed by atoms with Crippen molar-refractivity contribution in [3.63, 3.8) is 0 Å². The highest BCUT2D eigenvalue weighted by Gasteiger charge is 2.23. The SMILES string of the molecule is CNC(=O)C(NC(=O)CCNS(=O)(=O)c1ccc(C(C)(C)C)cc1)c1ccc(F)c(F)c1. The third-order valence-corrected chi connectivity index (χ3v) is 6.24. The number of hydrogen-bond acceptors (Lipinski definition) is 4. The summed E-state index contributed by atoms with van der Waals surface area (Å²) in [6.07, 6.45) is -0.267. The molecule has 0 radical (unpaired) electrons. The molecule has 0 fully saturated rings. The summed E-state index contributed by atoms with van der Waals surface area (Å²) >= 11 is 0. The lowest BCUT2D eigenvalue weighted by atomic mass is 9.87. The average Bonchev–Trinajstić information content (AvgIpc) is 2.73. The van der Waals surface area contributed by atoms with Crippen molar-refractivity contribution >= 4 is 21.8 Å². The molecule has 0 saturated heterocycles. The number of rotatable bonds is 8. The van der Waals surface area contributed by atoms with Crippen molar-refractivity contribution in [1.82, 2.24) is 15.4 Å². The number of sulfonamides is 1. The first-order valence-electron chi connectivity index (χ1n) is 9.91. The molecule has 0 aliphatic heterocycles. The summed E-state index contributed by atoms with van der Waals surface area (Å²) in [5, 5.41) is 4.74. The van der Waals surface area contributed by atoms with Crippen LogP contribution in [-0.2, 0) is 25.0 Å². The van der Waals surface area contributed by atoms with Crippen molar-refractivity contribution in [3.8, 4) is 0 Å². The Hall–Kier alpha value is -2.85. The van der Waals surface area contributed by atoms with Gasteiger partial charge in [-0.3, -0.25) is 9.59 Å². The average molecular weight is 468 g/mol. The van der Waals surface area contributed by atoms with Crippen LogP contribution in [0.2, 0.25) is 0 Å². The largest absolute Gasteiger partial charge is 0.357 e. The molecule has 2 amide bonds.